The van der Waals surface area contributed by atoms with Gasteiger partial charge in [-0.25, -0.2) is 0 Å². The Morgan fingerprint density at radius 1 is 1.55 bits per heavy atom. The average molecular weight is 158 g/mol. The van der Waals surface area contributed by atoms with Crippen LogP contribution in [0.25, 0.3) is 0 Å². The second-order valence-corrected chi connectivity index (χ2v) is 2.90. The molecule has 0 aromatic heterocycles. The lowest BCUT2D eigenvalue weighted by molar-refractivity contribution is -0.137. The Morgan fingerprint density at radius 2 is 2.18 bits per heavy atom. The third kappa shape index (κ3) is 2.48. The molecule has 0 bridgehead atoms. The number of carboxylic acids is 1. The predicted octanol–water partition coefficient (Wildman–Crippen LogP) is -0.589. The molecule has 0 spiro atoms. The van der Waals surface area contributed by atoms with Crippen LogP contribution in [0.5, 0.6) is 0 Å². The molecule has 3 N–H and O–H groups in total. The van der Waals surface area contributed by atoms with Gasteiger partial charge in [0.05, 0.1) is 6.42 Å². The first-order valence-electron chi connectivity index (χ1n) is 3.88. The van der Waals surface area contributed by atoms with E-state index < -0.39 is 5.97 Å². The summed E-state index contributed by atoms with van der Waals surface area (Å²) < 4.78 is 0. The van der Waals surface area contributed by atoms with Crippen LogP contribution in [0.3, 0.4) is 0 Å². The summed E-state index contributed by atoms with van der Waals surface area (Å²) in [5.74, 6) is -0.738. The van der Waals surface area contributed by atoms with E-state index in [1.165, 1.54) is 0 Å². The second kappa shape index (κ2) is 3.69. The first kappa shape index (κ1) is 8.49. The van der Waals surface area contributed by atoms with Gasteiger partial charge in [-0.2, -0.15) is 0 Å². The van der Waals surface area contributed by atoms with Crippen molar-refractivity contribution in [1.29, 1.82) is 0 Å². The van der Waals surface area contributed by atoms with Crippen molar-refractivity contribution in [3.63, 3.8) is 0 Å². The molecule has 1 fully saturated rings. The molecule has 4 heteroatoms. The molecule has 0 radical (unpaired) electrons. The molecule has 0 amide bonds. The molecular formula is C7H14N2O2. The van der Waals surface area contributed by atoms with Crippen molar-refractivity contribution in [2.75, 3.05) is 13.1 Å². The Balaban J connectivity index is 2.35. The maximum absolute atomic E-state index is 10.3. The summed E-state index contributed by atoms with van der Waals surface area (Å²) in [4.78, 5) is 10.3. The van der Waals surface area contributed by atoms with Crippen molar-refractivity contribution in [2.24, 2.45) is 0 Å². The summed E-state index contributed by atoms with van der Waals surface area (Å²) in [5.41, 5.74) is 0. The highest BCUT2D eigenvalue weighted by molar-refractivity contribution is 5.67. The van der Waals surface area contributed by atoms with Gasteiger partial charge in [-0.05, 0) is 6.92 Å². The Labute approximate surface area is 66.0 Å². The third-order valence-electron chi connectivity index (χ3n) is 2.00. The monoisotopic (exact) mass is 158 g/mol. The van der Waals surface area contributed by atoms with Crippen LogP contribution in [0.4, 0.5) is 0 Å². The van der Waals surface area contributed by atoms with Gasteiger partial charge in [-0.1, -0.05) is 0 Å². The summed E-state index contributed by atoms with van der Waals surface area (Å²) in [6.07, 6.45) is 0.203. The lowest BCUT2D eigenvalue weighted by Gasteiger charge is -2.29. The number of aliphatic carboxylic acids is 1. The Bertz CT molecular complexity index is 149. The molecule has 1 rings (SSSR count). The predicted molar refractivity (Wildman–Crippen MR) is 41.5 cm³/mol. The standard InChI is InChI=1S/C7H14N2O2/c1-5-6(4-7(10)11)9-3-2-8-5/h5-6,8-9H,2-4H2,1H3,(H,10,11)/t5-,6+/m0/s1. The van der Waals surface area contributed by atoms with Gasteiger partial charge in [0.1, 0.15) is 0 Å². The van der Waals surface area contributed by atoms with Crippen LogP contribution in [0, 0.1) is 0 Å². The van der Waals surface area contributed by atoms with Crippen molar-refractivity contribution >= 4 is 5.97 Å². The topological polar surface area (TPSA) is 61.4 Å². The average Bonchev–Trinajstić information content (AvgIpc) is 1.93. The molecule has 0 unspecified atom stereocenters. The molecule has 1 aliphatic heterocycles. The number of carboxylic acid groups (broad SMARTS) is 1. The highest BCUT2D eigenvalue weighted by atomic mass is 16.4. The zero-order chi connectivity index (χ0) is 8.27. The Kier molecular flexibility index (Phi) is 2.84. The van der Waals surface area contributed by atoms with Gasteiger partial charge < -0.3 is 15.7 Å². The Hall–Kier alpha value is -0.610. The SMILES string of the molecule is C[C@@H]1NCCN[C@@H]1CC(=O)O. The van der Waals surface area contributed by atoms with Crippen LogP contribution in [-0.4, -0.2) is 36.2 Å². The molecule has 0 saturated carbocycles. The van der Waals surface area contributed by atoms with E-state index in [1.807, 2.05) is 6.92 Å². The zero-order valence-corrected chi connectivity index (χ0v) is 6.63. The summed E-state index contributed by atoms with van der Waals surface area (Å²) >= 11 is 0. The van der Waals surface area contributed by atoms with Gasteiger partial charge in [0, 0.05) is 25.2 Å². The lowest BCUT2D eigenvalue weighted by Crippen LogP contribution is -2.55. The van der Waals surface area contributed by atoms with Crippen LogP contribution in [0.15, 0.2) is 0 Å². The molecule has 0 aromatic carbocycles. The normalized spacial score (nSPS) is 31.7. The fourth-order valence-corrected chi connectivity index (χ4v) is 1.31. The number of piperazine rings is 1. The van der Waals surface area contributed by atoms with Crippen LogP contribution in [0.2, 0.25) is 0 Å². The summed E-state index contributed by atoms with van der Waals surface area (Å²) in [6.45, 7) is 3.79. The van der Waals surface area contributed by atoms with Gasteiger partial charge in [-0.15, -0.1) is 0 Å². The van der Waals surface area contributed by atoms with Crippen molar-refractivity contribution in [3.05, 3.63) is 0 Å². The van der Waals surface area contributed by atoms with E-state index >= 15 is 0 Å². The zero-order valence-electron chi connectivity index (χ0n) is 6.63. The third-order valence-corrected chi connectivity index (χ3v) is 2.00. The van der Waals surface area contributed by atoms with Gasteiger partial charge in [0.2, 0.25) is 0 Å². The van der Waals surface area contributed by atoms with Gasteiger partial charge >= 0.3 is 5.97 Å². The van der Waals surface area contributed by atoms with E-state index in [4.69, 9.17) is 5.11 Å². The molecule has 4 nitrogen and oxygen atoms in total. The lowest BCUT2D eigenvalue weighted by atomic mass is 10.0. The summed E-state index contributed by atoms with van der Waals surface area (Å²) in [5, 5.41) is 14.9. The second-order valence-electron chi connectivity index (χ2n) is 2.90. The highest BCUT2D eigenvalue weighted by Crippen LogP contribution is 2.01. The number of nitrogens with one attached hydrogen (secondary N) is 2. The Morgan fingerprint density at radius 3 is 2.73 bits per heavy atom. The minimum atomic E-state index is -0.738. The number of hydrogen-bond acceptors (Lipinski definition) is 3. The van der Waals surface area contributed by atoms with Gasteiger partial charge in [-0.3, -0.25) is 4.79 Å². The first-order valence-corrected chi connectivity index (χ1v) is 3.88. The van der Waals surface area contributed by atoms with E-state index in [0.717, 1.165) is 13.1 Å². The molecule has 11 heavy (non-hydrogen) atoms. The quantitative estimate of drug-likeness (QED) is 0.503. The van der Waals surface area contributed by atoms with Crippen LogP contribution in [0.1, 0.15) is 13.3 Å². The van der Waals surface area contributed by atoms with E-state index in [9.17, 15) is 4.79 Å². The number of carbonyl (C=O) groups is 1. The van der Waals surface area contributed by atoms with Crippen LogP contribution < -0.4 is 10.6 Å². The molecule has 1 heterocycles. The maximum atomic E-state index is 10.3. The molecule has 0 aromatic rings. The van der Waals surface area contributed by atoms with E-state index in [2.05, 4.69) is 10.6 Å². The van der Waals surface area contributed by atoms with Crippen molar-refractivity contribution < 1.29 is 9.90 Å². The van der Waals surface area contributed by atoms with E-state index in [0.29, 0.717) is 0 Å². The molecule has 64 valence electrons. The first-order chi connectivity index (χ1) is 5.20. The van der Waals surface area contributed by atoms with Crippen LogP contribution in [-0.2, 0) is 4.79 Å². The maximum Gasteiger partial charge on any atom is 0.304 e. The largest absolute Gasteiger partial charge is 0.481 e. The molecule has 2 atom stereocenters. The fourth-order valence-electron chi connectivity index (χ4n) is 1.31. The minimum absolute atomic E-state index is 0.0845. The van der Waals surface area contributed by atoms with Crippen molar-refractivity contribution in [2.45, 2.75) is 25.4 Å². The fraction of sp³-hybridized carbons (Fsp3) is 0.857. The minimum Gasteiger partial charge on any atom is -0.481 e. The summed E-state index contributed by atoms with van der Waals surface area (Å²) in [6, 6.07) is 0.348. The van der Waals surface area contributed by atoms with Crippen molar-refractivity contribution in [3.8, 4) is 0 Å². The molecule has 1 saturated heterocycles. The summed E-state index contributed by atoms with van der Waals surface area (Å²) in [7, 11) is 0. The number of hydrogen-bond donors (Lipinski definition) is 3. The van der Waals surface area contributed by atoms with E-state index in [-0.39, 0.29) is 18.5 Å². The van der Waals surface area contributed by atoms with Crippen molar-refractivity contribution in [1.82, 2.24) is 10.6 Å². The van der Waals surface area contributed by atoms with Gasteiger partial charge in [0.25, 0.3) is 0 Å². The molecule has 0 aliphatic carbocycles. The highest BCUT2D eigenvalue weighted by Gasteiger charge is 2.21. The molecular weight excluding hydrogens is 144 g/mol. The molecule has 1 aliphatic rings. The smallest absolute Gasteiger partial charge is 0.304 e. The number of rotatable bonds is 2. The van der Waals surface area contributed by atoms with E-state index in [1.54, 1.807) is 0 Å². The van der Waals surface area contributed by atoms with Crippen LogP contribution >= 0.6 is 0 Å². The van der Waals surface area contributed by atoms with Gasteiger partial charge in [0.15, 0.2) is 0 Å².